The number of carbonyl (C=O) groups is 4. The van der Waals surface area contributed by atoms with Crippen molar-refractivity contribution in [3.8, 4) is 0 Å². The van der Waals surface area contributed by atoms with Crippen LogP contribution in [0.1, 0.15) is 278 Å². The first kappa shape index (κ1) is 56.9. The Labute approximate surface area is 364 Å². The Kier molecular flexibility index (Phi) is 43.8. The number of carbonyl (C=O) groups excluding carboxylic acids is 4. The minimum Gasteiger partial charge on any atom is -0.466 e. The molecule has 0 spiro atoms. The topological polar surface area (TPSA) is 105 Å². The van der Waals surface area contributed by atoms with E-state index >= 15 is 0 Å². The molecule has 0 aromatic carbocycles. The van der Waals surface area contributed by atoms with Crippen molar-refractivity contribution in [2.45, 2.75) is 290 Å². The lowest BCUT2D eigenvalue weighted by molar-refractivity contribution is -0.151. The standard InChI is InChI=1S/C51H96O8/c1-5-9-13-21-33-42-50(54)58-46(36-27-15-11-7-3)38-29-23-17-19-25-31-40-48(52)56-44-35-45-57-49(53)41-32-26-20-18-24-30-39-47(37-28-16-12-8-4)59-51(55)43-34-22-14-10-6-2/h46-47H,5-45H2,1-4H3. The van der Waals surface area contributed by atoms with Crippen LogP contribution < -0.4 is 0 Å². The molecule has 0 saturated heterocycles. The van der Waals surface area contributed by atoms with E-state index in [1.54, 1.807) is 0 Å². The van der Waals surface area contributed by atoms with Crippen molar-refractivity contribution in [1.29, 1.82) is 0 Å². The van der Waals surface area contributed by atoms with Crippen LogP contribution in [0.2, 0.25) is 0 Å². The van der Waals surface area contributed by atoms with Crippen LogP contribution in [-0.4, -0.2) is 49.3 Å². The lowest BCUT2D eigenvalue weighted by Crippen LogP contribution is -2.18. The van der Waals surface area contributed by atoms with Crippen molar-refractivity contribution in [3.05, 3.63) is 0 Å². The molecule has 0 heterocycles. The maximum atomic E-state index is 12.4. The summed E-state index contributed by atoms with van der Waals surface area (Å²) in [7, 11) is 0. The average molecular weight is 837 g/mol. The van der Waals surface area contributed by atoms with Gasteiger partial charge < -0.3 is 18.9 Å². The van der Waals surface area contributed by atoms with Crippen LogP contribution in [0, 0.1) is 0 Å². The van der Waals surface area contributed by atoms with Crippen LogP contribution >= 0.6 is 0 Å². The van der Waals surface area contributed by atoms with Crippen LogP contribution in [0.4, 0.5) is 0 Å². The van der Waals surface area contributed by atoms with E-state index in [0.29, 0.717) is 32.1 Å². The number of ether oxygens (including phenoxy) is 4. The van der Waals surface area contributed by atoms with Gasteiger partial charge in [0.25, 0.3) is 0 Å². The van der Waals surface area contributed by atoms with E-state index in [-0.39, 0.29) is 49.3 Å². The summed E-state index contributed by atoms with van der Waals surface area (Å²) < 4.78 is 22.5. The Balaban J connectivity index is 3.89. The molecule has 2 unspecified atom stereocenters. The lowest BCUT2D eigenvalue weighted by atomic mass is 10.0. The first-order valence-corrected chi connectivity index (χ1v) is 25.6. The van der Waals surface area contributed by atoms with Crippen LogP contribution in [0.3, 0.4) is 0 Å². The molecule has 0 N–H and O–H groups in total. The van der Waals surface area contributed by atoms with E-state index < -0.39 is 0 Å². The Morgan fingerprint density at radius 3 is 0.831 bits per heavy atom. The fourth-order valence-corrected chi connectivity index (χ4v) is 7.63. The summed E-state index contributed by atoms with van der Waals surface area (Å²) in [4.78, 5) is 49.2. The molecule has 0 saturated carbocycles. The van der Waals surface area contributed by atoms with Crippen molar-refractivity contribution in [3.63, 3.8) is 0 Å². The first-order valence-electron chi connectivity index (χ1n) is 25.6. The maximum Gasteiger partial charge on any atom is 0.306 e. The Bertz CT molecular complexity index is 878. The predicted octanol–water partition coefficient (Wildman–Crippen LogP) is 15.2. The fourth-order valence-electron chi connectivity index (χ4n) is 7.63. The van der Waals surface area contributed by atoms with Crippen molar-refractivity contribution < 1.29 is 38.1 Å². The van der Waals surface area contributed by atoms with Crippen LogP contribution in [0.15, 0.2) is 0 Å². The summed E-state index contributed by atoms with van der Waals surface area (Å²) in [6, 6.07) is 0. The SMILES string of the molecule is CCCCCCCC(=O)OC(CCCCCC)CCCCCCCCC(=O)OCCCOC(=O)CCCCCCCCC(CCCCCC)OC(=O)CCCCCCC. The second-order valence-electron chi connectivity index (χ2n) is 17.4. The van der Waals surface area contributed by atoms with Crippen molar-refractivity contribution >= 4 is 23.9 Å². The molecule has 0 aliphatic carbocycles. The quantitative estimate of drug-likeness (QED) is 0.0339. The molecule has 348 valence electrons. The molecule has 59 heavy (non-hydrogen) atoms. The molecule has 0 aromatic rings. The van der Waals surface area contributed by atoms with Crippen LogP contribution in [-0.2, 0) is 38.1 Å². The summed E-state index contributed by atoms with van der Waals surface area (Å²) in [5, 5.41) is 0. The number of esters is 4. The molecule has 8 nitrogen and oxygen atoms in total. The Hall–Kier alpha value is -2.12. The van der Waals surface area contributed by atoms with Gasteiger partial charge in [0.2, 0.25) is 0 Å². The third-order valence-corrected chi connectivity index (χ3v) is 11.5. The van der Waals surface area contributed by atoms with Gasteiger partial charge in [0.05, 0.1) is 13.2 Å². The van der Waals surface area contributed by atoms with Gasteiger partial charge in [-0.25, -0.2) is 0 Å². The van der Waals surface area contributed by atoms with Crippen LogP contribution in [0.5, 0.6) is 0 Å². The number of rotatable bonds is 46. The monoisotopic (exact) mass is 837 g/mol. The summed E-state index contributed by atoms with van der Waals surface area (Å²) >= 11 is 0. The van der Waals surface area contributed by atoms with Gasteiger partial charge in [-0.1, -0.05) is 169 Å². The van der Waals surface area contributed by atoms with Gasteiger partial charge in [-0.15, -0.1) is 0 Å². The van der Waals surface area contributed by atoms with Crippen molar-refractivity contribution in [2.75, 3.05) is 13.2 Å². The summed E-state index contributed by atoms with van der Waals surface area (Å²) in [5.74, 6) is -0.383. The molecular weight excluding hydrogens is 741 g/mol. The molecular formula is C51H96O8. The lowest BCUT2D eigenvalue weighted by Gasteiger charge is -2.18. The van der Waals surface area contributed by atoms with Gasteiger partial charge in [0.1, 0.15) is 12.2 Å². The largest absolute Gasteiger partial charge is 0.466 e. The number of hydrogen-bond acceptors (Lipinski definition) is 8. The molecule has 2 atom stereocenters. The number of unbranched alkanes of at least 4 members (excludes halogenated alkanes) is 24. The van der Waals surface area contributed by atoms with Gasteiger partial charge in [0, 0.05) is 32.1 Å². The third-order valence-electron chi connectivity index (χ3n) is 11.5. The van der Waals surface area contributed by atoms with Gasteiger partial charge in [-0.05, 0) is 77.0 Å². The Morgan fingerprint density at radius 2 is 0.525 bits per heavy atom. The van der Waals surface area contributed by atoms with Crippen LogP contribution in [0.25, 0.3) is 0 Å². The average Bonchev–Trinajstić information content (AvgIpc) is 3.22. The molecule has 0 bridgehead atoms. The summed E-state index contributed by atoms with van der Waals surface area (Å²) in [6.07, 6.45) is 40.1. The van der Waals surface area contributed by atoms with Gasteiger partial charge in [-0.3, -0.25) is 19.2 Å². The summed E-state index contributed by atoms with van der Waals surface area (Å²) in [5.41, 5.74) is 0. The predicted molar refractivity (Wildman–Crippen MR) is 244 cm³/mol. The zero-order valence-electron chi connectivity index (χ0n) is 39.4. The zero-order chi connectivity index (χ0) is 43.3. The van der Waals surface area contributed by atoms with E-state index in [1.807, 2.05) is 0 Å². The van der Waals surface area contributed by atoms with Crippen molar-refractivity contribution in [2.24, 2.45) is 0 Å². The van der Waals surface area contributed by atoms with E-state index in [9.17, 15) is 19.2 Å². The highest BCUT2D eigenvalue weighted by Gasteiger charge is 2.16. The first-order chi connectivity index (χ1) is 28.9. The van der Waals surface area contributed by atoms with Gasteiger partial charge in [-0.2, -0.15) is 0 Å². The highest BCUT2D eigenvalue weighted by molar-refractivity contribution is 5.70. The second-order valence-corrected chi connectivity index (χ2v) is 17.4. The van der Waals surface area contributed by atoms with E-state index in [4.69, 9.17) is 18.9 Å². The van der Waals surface area contributed by atoms with E-state index in [1.165, 1.54) is 77.0 Å². The fraction of sp³-hybridized carbons (Fsp3) is 0.922. The number of hydrogen-bond donors (Lipinski definition) is 0. The van der Waals surface area contributed by atoms with Gasteiger partial charge in [0.15, 0.2) is 0 Å². The molecule has 0 radical (unpaired) electrons. The zero-order valence-corrected chi connectivity index (χ0v) is 39.4. The Morgan fingerprint density at radius 1 is 0.288 bits per heavy atom. The molecule has 8 heteroatoms. The smallest absolute Gasteiger partial charge is 0.306 e. The summed E-state index contributed by atoms with van der Waals surface area (Å²) in [6.45, 7) is 9.42. The van der Waals surface area contributed by atoms with Crippen molar-refractivity contribution in [1.82, 2.24) is 0 Å². The molecule has 0 aliphatic rings. The highest BCUT2D eigenvalue weighted by atomic mass is 16.6. The third kappa shape index (κ3) is 42.4. The highest BCUT2D eigenvalue weighted by Crippen LogP contribution is 2.20. The van der Waals surface area contributed by atoms with E-state index in [0.717, 1.165) is 141 Å². The molecule has 0 amide bonds. The molecule has 0 aromatic heterocycles. The van der Waals surface area contributed by atoms with E-state index in [2.05, 4.69) is 27.7 Å². The normalized spacial score (nSPS) is 12.3. The maximum absolute atomic E-state index is 12.4. The van der Waals surface area contributed by atoms with Gasteiger partial charge >= 0.3 is 23.9 Å². The minimum atomic E-state index is -0.175. The molecule has 0 rings (SSSR count). The second kappa shape index (κ2) is 45.4. The molecule has 0 aliphatic heterocycles. The minimum absolute atomic E-state index is 0.0165. The molecule has 0 fully saturated rings.